The van der Waals surface area contributed by atoms with Gasteiger partial charge in [-0.05, 0) is 68.1 Å². The van der Waals surface area contributed by atoms with Crippen LogP contribution in [0.3, 0.4) is 0 Å². The van der Waals surface area contributed by atoms with Gasteiger partial charge < -0.3 is 24.9 Å². The van der Waals surface area contributed by atoms with Gasteiger partial charge in [-0.15, -0.1) is 0 Å². The fourth-order valence-corrected chi connectivity index (χ4v) is 5.04. The Morgan fingerprint density at radius 2 is 1.67 bits per heavy atom. The summed E-state index contributed by atoms with van der Waals surface area (Å²) in [5, 5.41) is 12.6. The first kappa shape index (κ1) is 32.3. The summed E-state index contributed by atoms with van der Waals surface area (Å²) in [6.45, 7) is 8.07. The zero-order valence-corrected chi connectivity index (χ0v) is 24.4. The maximum absolute atomic E-state index is 14.6. The van der Waals surface area contributed by atoms with E-state index in [-0.39, 0.29) is 17.5 Å². The highest BCUT2D eigenvalue weighted by molar-refractivity contribution is 5.85. The number of aryl methyl sites for hydroxylation is 1. The number of H-pyrrole nitrogens is 1. The molecule has 1 heterocycles. The number of unbranched alkanes of at least 4 members (excludes halogenated alkanes) is 1. The maximum Gasteiger partial charge on any atom is 0.305 e. The number of benzene rings is 2. The first-order valence-electron chi connectivity index (χ1n) is 14.2. The van der Waals surface area contributed by atoms with Crippen LogP contribution in [0.25, 0.3) is 0 Å². The molecule has 1 amide bonds. The second-order valence-corrected chi connectivity index (χ2v) is 10.00. The number of ether oxygens (including phenoxy) is 2. The largest absolute Gasteiger partial charge is 0.490 e. The van der Waals surface area contributed by atoms with E-state index >= 15 is 0 Å². The van der Waals surface area contributed by atoms with Gasteiger partial charge in [0.2, 0.25) is 5.91 Å². The lowest BCUT2D eigenvalue weighted by molar-refractivity contribution is -0.137. The Kier molecular flexibility index (Phi) is 11.6. The van der Waals surface area contributed by atoms with E-state index in [4.69, 9.17) is 9.47 Å². The zero-order chi connectivity index (χ0) is 30.8. The molecule has 2 atom stereocenters. The molecule has 0 unspecified atom stereocenters. The van der Waals surface area contributed by atoms with Gasteiger partial charge in [-0.2, -0.15) is 0 Å². The SMILES string of the molecule is CCCC[C@H](C(=O)N[C@@H](CC(=O)O)c1ccc(OCC)c(OCC)c1)c1c(C)c[nH]c(=O)c1Cc1c(F)cccc1F. The Labute approximate surface area is 244 Å². The van der Waals surface area contributed by atoms with E-state index in [0.29, 0.717) is 54.2 Å². The number of halogens is 2. The van der Waals surface area contributed by atoms with Crippen molar-refractivity contribution in [2.45, 2.75) is 71.8 Å². The Bertz CT molecular complexity index is 1440. The summed E-state index contributed by atoms with van der Waals surface area (Å²) in [5.74, 6) is -3.16. The van der Waals surface area contributed by atoms with Crippen molar-refractivity contribution < 1.29 is 33.0 Å². The van der Waals surface area contributed by atoms with Crippen LogP contribution >= 0.6 is 0 Å². The quantitative estimate of drug-likeness (QED) is 0.203. The van der Waals surface area contributed by atoms with Gasteiger partial charge in [0.05, 0.1) is 31.6 Å². The summed E-state index contributed by atoms with van der Waals surface area (Å²) in [4.78, 5) is 41.5. The van der Waals surface area contributed by atoms with Crippen LogP contribution < -0.4 is 20.3 Å². The molecule has 3 N–H and O–H groups in total. The molecule has 0 fully saturated rings. The van der Waals surface area contributed by atoms with Crippen molar-refractivity contribution in [1.29, 1.82) is 0 Å². The lowest BCUT2D eigenvalue weighted by Gasteiger charge is -2.25. The van der Waals surface area contributed by atoms with Crippen LogP contribution in [0.2, 0.25) is 0 Å². The van der Waals surface area contributed by atoms with Gasteiger partial charge in [-0.1, -0.05) is 31.9 Å². The minimum absolute atomic E-state index is 0.0877. The van der Waals surface area contributed by atoms with Crippen LogP contribution in [0.5, 0.6) is 11.5 Å². The molecule has 0 bridgehead atoms. The molecule has 10 heteroatoms. The zero-order valence-electron chi connectivity index (χ0n) is 24.4. The van der Waals surface area contributed by atoms with Gasteiger partial charge in [0.1, 0.15) is 11.6 Å². The summed E-state index contributed by atoms with van der Waals surface area (Å²) < 4.78 is 40.5. The number of carboxylic acids is 1. The van der Waals surface area contributed by atoms with Gasteiger partial charge in [0, 0.05) is 23.7 Å². The van der Waals surface area contributed by atoms with Crippen molar-refractivity contribution in [2.24, 2.45) is 0 Å². The van der Waals surface area contributed by atoms with E-state index < -0.39 is 47.5 Å². The summed E-state index contributed by atoms with van der Waals surface area (Å²) in [6, 6.07) is 7.54. The number of pyridine rings is 1. The average Bonchev–Trinajstić information content (AvgIpc) is 2.94. The van der Waals surface area contributed by atoms with Gasteiger partial charge in [-0.25, -0.2) is 8.78 Å². The van der Waals surface area contributed by atoms with Crippen LogP contribution in [0.1, 0.15) is 86.2 Å². The fourth-order valence-electron chi connectivity index (χ4n) is 5.04. The predicted molar refractivity (Wildman–Crippen MR) is 155 cm³/mol. The molecular weight excluding hydrogens is 546 g/mol. The third-order valence-electron chi connectivity index (χ3n) is 7.04. The molecule has 1 aromatic heterocycles. The second-order valence-electron chi connectivity index (χ2n) is 10.00. The third-order valence-corrected chi connectivity index (χ3v) is 7.04. The van der Waals surface area contributed by atoms with E-state index in [1.54, 1.807) is 25.1 Å². The first-order chi connectivity index (χ1) is 20.1. The number of carboxylic acid groups (broad SMARTS) is 1. The van der Waals surface area contributed by atoms with Gasteiger partial charge in [-0.3, -0.25) is 14.4 Å². The summed E-state index contributed by atoms with van der Waals surface area (Å²) in [7, 11) is 0. The maximum atomic E-state index is 14.6. The lowest BCUT2D eigenvalue weighted by Crippen LogP contribution is -2.36. The van der Waals surface area contributed by atoms with Crippen molar-refractivity contribution in [1.82, 2.24) is 10.3 Å². The lowest BCUT2D eigenvalue weighted by atomic mass is 9.85. The Morgan fingerprint density at radius 3 is 2.29 bits per heavy atom. The van der Waals surface area contributed by atoms with Gasteiger partial charge >= 0.3 is 5.97 Å². The van der Waals surface area contributed by atoms with Crippen molar-refractivity contribution in [2.75, 3.05) is 13.2 Å². The molecular formula is C32H38F2N2O6. The van der Waals surface area contributed by atoms with Crippen LogP contribution in [0, 0.1) is 18.6 Å². The molecule has 0 aliphatic heterocycles. The molecule has 0 radical (unpaired) electrons. The number of aromatic amines is 1. The Balaban J connectivity index is 2.07. The van der Waals surface area contributed by atoms with Gasteiger partial charge in [0.15, 0.2) is 11.5 Å². The fraction of sp³-hybridized carbons (Fsp3) is 0.406. The molecule has 226 valence electrons. The molecule has 0 aliphatic rings. The number of aromatic nitrogens is 1. The molecule has 42 heavy (non-hydrogen) atoms. The molecule has 8 nitrogen and oxygen atoms in total. The summed E-state index contributed by atoms with van der Waals surface area (Å²) >= 11 is 0. The minimum atomic E-state index is -1.12. The number of rotatable bonds is 15. The highest BCUT2D eigenvalue weighted by Gasteiger charge is 2.30. The van der Waals surface area contributed by atoms with E-state index in [9.17, 15) is 28.3 Å². The number of carbonyl (C=O) groups is 2. The highest BCUT2D eigenvalue weighted by Crippen LogP contribution is 2.34. The van der Waals surface area contributed by atoms with Gasteiger partial charge in [0.25, 0.3) is 5.56 Å². The predicted octanol–water partition coefficient (Wildman–Crippen LogP) is 5.96. The van der Waals surface area contributed by atoms with Crippen molar-refractivity contribution >= 4 is 11.9 Å². The number of carbonyl (C=O) groups excluding carboxylic acids is 1. The standard InChI is InChI=1S/C32H38F2N2O6/c1-5-8-10-21(30-19(4)18-35-31(39)23(30)16-22-24(33)11-9-12-25(22)34)32(40)36-26(17-29(37)38)20-13-14-27(41-6-2)28(15-20)42-7-3/h9,11-15,18,21,26H,5-8,10,16-17H2,1-4H3,(H,35,39)(H,36,40)(H,37,38)/t21-,26-/m0/s1. The van der Waals surface area contributed by atoms with E-state index in [1.807, 2.05) is 20.8 Å². The molecule has 2 aromatic carbocycles. The number of hydrogen-bond acceptors (Lipinski definition) is 5. The highest BCUT2D eigenvalue weighted by atomic mass is 19.1. The molecule has 0 saturated heterocycles. The second kappa shape index (κ2) is 15.1. The average molecular weight is 585 g/mol. The van der Waals surface area contributed by atoms with E-state index in [1.165, 1.54) is 12.3 Å². The molecule has 3 aromatic rings. The number of nitrogens with one attached hydrogen (secondary N) is 2. The topological polar surface area (TPSA) is 118 Å². The molecule has 3 rings (SSSR count). The van der Waals surface area contributed by atoms with Crippen LogP contribution in [0.4, 0.5) is 8.78 Å². The number of aliphatic carboxylic acids is 1. The smallest absolute Gasteiger partial charge is 0.305 e. The van der Waals surface area contributed by atoms with Crippen molar-refractivity contribution in [3.05, 3.63) is 92.4 Å². The van der Waals surface area contributed by atoms with Crippen LogP contribution in [-0.2, 0) is 16.0 Å². The normalized spacial score (nSPS) is 12.4. The first-order valence-corrected chi connectivity index (χ1v) is 14.2. The summed E-state index contributed by atoms with van der Waals surface area (Å²) in [5.41, 5.74) is 0.719. The Morgan fingerprint density at radius 1 is 1.00 bits per heavy atom. The minimum Gasteiger partial charge on any atom is -0.490 e. The van der Waals surface area contributed by atoms with E-state index in [0.717, 1.165) is 18.6 Å². The molecule has 0 aliphatic carbocycles. The van der Waals surface area contributed by atoms with Crippen LogP contribution in [-0.4, -0.2) is 35.2 Å². The Hall–Kier alpha value is -4.21. The molecule has 0 saturated carbocycles. The van der Waals surface area contributed by atoms with Crippen molar-refractivity contribution in [3.8, 4) is 11.5 Å². The monoisotopic (exact) mass is 584 g/mol. The van der Waals surface area contributed by atoms with E-state index in [2.05, 4.69) is 10.3 Å². The number of hydrogen-bond donors (Lipinski definition) is 3. The van der Waals surface area contributed by atoms with Crippen molar-refractivity contribution in [3.63, 3.8) is 0 Å². The summed E-state index contributed by atoms with van der Waals surface area (Å²) in [6.07, 6.45) is 2.42. The number of amides is 1. The molecule has 0 spiro atoms. The van der Waals surface area contributed by atoms with Crippen LogP contribution in [0.15, 0.2) is 47.4 Å². The third kappa shape index (κ3) is 7.96.